The van der Waals surface area contributed by atoms with Crippen LogP contribution in [0.2, 0.25) is 0 Å². The minimum Gasteiger partial charge on any atom is -0.456 e. The van der Waals surface area contributed by atoms with Crippen LogP contribution in [0, 0.1) is 0 Å². The van der Waals surface area contributed by atoms with Crippen LogP contribution in [0.5, 0.6) is 0 Å². The standard InChI is InChI=1S/C54H35NO/c1-4-13-36(14-5-1)40-23-27-51-46(32-40)47-33-41(37-15-6-2-7-16-37)24-28-52(47)55(51)50-22-11-10-21-45(50)44-20-12-19-39(31-44)43-26-30-54-49(35-43)48-34-42(25-29-53(48)56-54)38-17-8-3-9-18-38/h1-35H. The molecular weight excluding hydrogens is 679 g/mol. The summed E-state index contributed by atoms with van der Waals surface area (Å²) in [7, 11) is 0. The summed E-state index contributed by atoms with van der Waals surface area (Å²) in [6.07, 6.45) is 0. The molecule has 0 saturated heterocycles. The predicted octanol–water partition coefficient (Wildman–Crippen LogP) is 15.0. The van der Waals surface area contributed by atoms with Gasteiger partial charge in [-0.1, -0.05) is 152 Å². The summed E-state index contributed by atoms with van der Waals surface area (Å²) in [5.41, 5.74) is 17.2. The van der Waals surface area contributed by atoms with Gasteiger partial charge in [0.1, 0.15) is 11.2 Å². The fraction of sp³-hybridized carbons (Fsp3) is 0. The van der Waals surface area contributed by atoms with Crippen LogP contribution in [-0.4, -0.2) is 4.57 Å². The van der Waals surface area contributed by atoms with Crippen molar-refractivity contribution in [3.05, 3.63) is 212 Å². The highest BCUT2D eigenvalue weighted by Gasteiger charge is 2.18. The Hall–Kier alpha value is -7.42. The first-order valence-electron chi connectivity index (χ1n) is 19.2. The van der Waals surface area contributed by atoms with Crippen LogP contribution >= 0.6 is 0 Å². The Morgan fingerprint density at radius 3 is 1.20 bits per heavy atom. The predicted molar refractivity (Wildman–Crippen MR) is 235 cm³/mol. The fourth-order valence-electron chi connectivity index (χ4n) is 8.45. The van der Waals surface area contributed by atoms with Crippen molar-refractivity contribution < 1.29 is 4.42 Å². The Kier molecular flexibility index (Phi) is 7.53. The van der Waals surface area contributed by atoms with Crippen molar-refractivity contribution in [3.8, 4) is 61.3 Å². The molecule has 2 heterocycles. The molecule has 11 aromatic rings. The van der Waals surface area contributed by atoms with E-state index < -0.39 is 0 Å². The van der Waals surface area contributed by atoms with Gasteiger partial charge >= 0.3 is 0 Å². The third kappa shape index (κ3) is 5.42. The van der Waals surface area contributed by atoms with E-state index in [0.29, 0.717) is 0 Å². The van der Waals surface area contributed by atoms with Gasteiger partial charge in [-0.15, -0.1) is 0 Å². The molecule has 0 saturated carbocycles. The highest BCUT2D eigenvalue weighted by Crippen LogP contribution is 2.41. The van der Waals surface area contributed by atoms with E-state index in [1.54, 1.807) is 0 Å². The molecule has 0 aliphatic carbocycles. The SMILES string of the molecule is c1ccc(-c2ccc3oc4ccc(-c5cccc(-c6ccccc6-n6c7ccc(-c8ccccc8)cc7c7cc(-c8ccccc8)ccc76)c5)cc4c3c2)cc1. The molecule has 0 atom stereocenters. The summed E-state index contributed by atoms with van der Waals surface area (Å²) in [6.45, 7) is 0. The van der Waals surface area contributed by atoms with Crippen LogP contribution in [0.15, 0.2) is 217 Å². The summed E-state index contributed by atoms with van der Waals surface area (Å²) in [4.78, 5) is 0. The summed E-state index contributed by atoms with van der Waals surface area (Å²) in [5, 5.41) is 4.72. The number of para-hydroxylation sites is 1. The highest BCUT2D eigenvalue weighted by atomic mass is 16.3. The number of hydrogen-bond donors (Lipinski definition) is 0. The first kappa shape index (κ1) is 32.0. The van der Waals surface area contributed by atoms with E-state index in [2.05, 4.69) is 217 Å². The van der Waals surface area contributed by atoms with Gasteiger partial charge in [-0.05, 0) is 111 Å². The molecular formula is C54H35NO. The van der Waals surface area contributed by atoms with Crippen molar-refractivity contribution in [1.29, 1.82) is 0 Å². The molecule has 0 amide bonds. The molecule has 0 unspecified atom stereocenters. The van der Waals surface area contributed by atoms with E-state index in [9.17, 15) is 0 Å². The highest BCUT2D eigenvalue weighted by molar-refractivity contribution is 6.12. The van der Waals surface area contributed by atoms with E-state index in [1.165, 1.54) is 66.3 Å². The third-order valence-corrected chi connectivity index (χ3v) is 11.2. The van der Waals surface area contributed by atoms with Gasteiger partial charge < -0.3 is 8.98 Å². The van der Waals surface area contributed by atoms with Gasteiger partial charge in [0.15, 0.2) is 0 Å². The maximum Gasteiger partial charge on any atom is 0.135 e. The lowest BCUT2D eigenvalue weighted by atomic mass is 9.96. The molecule has 11 rings (SSSR count). The van der Waals surface area contributed by atoms with Gasteiger partial charge in [0.2, 0.25) is 0 Å². The zero-order valence-electron chi connectivity index (χ0n) is 30.6. The number of fused-ring (bicyclic) bond motifs is 6. The lowest BCUT2D eigenvalue weighted by molar-refractivity contribution is 0.669. The van der Waals surface area contributed by atoms with Gasteiger partial charge in [-0.2, -0.15) is 0 Å². The quantitative estimate of drug-likeness (QED) is 0.168. The number of furan rings is 1. The normalized spacial score (nSPS) is 11.6. The van der Waals surface area contributed by atoms with Crippen molar-refractivity contribution in [1.82, 2.24) is 4.57 Å². The second kappa shape index (κ2) is 13.2. The largest absolute Gasteiger partial charge is 0.456 e. The van der Waals surface area contributed by atoms with Gasteiger partial charge in [0.25, 0.3) is 0 Å². The van der Waals surface area contributed by atoms with Gasteiger partial charge in [0.05, 0.1) is 16.7 Å². The van der Waals surface area contributed by atoms with E-state index in [0.717, 1.165) is 38.8 Å². The summed E-state index contributed by atoms with van der Waals surface area (Å²) in [6, 6.07) is 76.5. The zero-order chi connectivity index (χ0) is 37.0. The second-order valence-electron chi connectivity index (χ2n) is 14.5. The van der Waals surface area contributed by atoms with Crippen molar-refractivity contribution >= 4 is 43.7 Å². The Bertz CT molecular complexity index is 3130. The first-order valence-corrected chi connectivity index (χ1v) is 19.2. The van der Waals surface area contributed by atoms with Crippen molar-refractivity contribution in [2.75, 3.05) is 0 Å². The average molecular weight is 714 g/mol. The summed E-state index contributed by atoms with van der Waals surface area (Å²) in [5.74, 6) is 0. The van der Waals surface area contributed by atoms with Crippen LogP contribution in [0.25, 0.3) is 105 Å². The maximum absolute atomic E-state index is 6.32. The Labute approximate surface area is 325 Å². The zero-order valence-corrected chi connectivity index (χ0v) is 30.6. The molecule has 0 N–H and O–H groups in total. The average Bonchev–Trinajstić information content (AvgIpc) is 3.81. The molecule has 2 nitrogen and oxygen atoms in total. The fourth-order valence-corrected chi connectivity index (χ4v) is 8.45. The third-order valence-electron chi connectivity index (χ3n) is 11.2. The van der Waals surface area contributed by atoms with E-state index in [1.807, 2.05) is 0 Å². The van der Waals surface area contributed by atoms with Crippen LogP contribution in [0.1, 0.15) is 0 Å². The Morgan fingerprint density at radius 1 is 0.268 bits per heavy atom. The van der Waals surface area contributed by atoms with Gasteiger partial charge in [0, 0.05) is 27.1 Å². The molecule has 262 valence electrons. The van der Waals surface area contributed by atoms with E-state index >= 15 is 0 Å². The van der Waals surface area contributed by atoms with Crippen molar-refractivity contribution in [3.63, 3.8) is 0 Å². The minimum absolute atomic E-state index is 0.896. The molecule has 56 heavy (non-hydrogen) atoms. The number of hydrogen-bond acceptors (Lipinski definition) is 1. The molecule has 0 fully saturated rings. The van der Waals surface area contributed by atoms with Crippen LogP contribution in [0.3, 0.4) is 0 Å². The lowest BCUT2D eigenvalue weighted by Gasteiger charge is -2.15. The number of aromatic nitrogens is 1. The smallest absolute Gasteiger partial charge is 0.135 e. The van der Waals surface area contributed by atoms with E-state index in [-0.39, 0.29) is 0 Å². The van der Waals surface area contributed by atoms with Gasteiger partial charge in [-0.3, -0.25) is 0 Å². The van der Waals surface area contributed by atoms with Crippen molar-refractivity contribution in [2.45, 2.75) is 0 Å². The number of benzene rings is 9. The molecule has 0 bridgehead atoms. The minimum atomic E-state index is 0.896. The molecule has 0 aliphatic heterocycles. The van der Waals surface area contributed by atoms with Crippen molar-refractivity contribution in [2.24, 2.45) is 0 Å². The molecule has 2 aromatic heterocycles. The number of rotatable bonds is 6. The van der Waals surface area contributed by atoms with Gasteiger partial charge in [-0.25, -0.2) is 0 Å². The van der Waals surface area contributed by atoms with Crippen LogP contribution in [-0.2, 0) is 0 Å². The molecule has 0 spiro atoms. The number of nitrogens with zero attached hydrogens (tertiary/aromatic N) is 1. The first-order chi connectivity index (χ1) is 27.7. The monoisotopic (exact) mass is 713 g/mol. The molecule has 2 heteroatoms. The van der Waals surface area contributed by atoms with E-state index in [4.69, 9.17) is 4.42 Å². The van der Waals surface area contributed by atoms with Crippen LogP contribution in [0.4, 0.5) is 0 Å². The molecule has 9 aromatic carbocycles. The lowest BCUT2D eigenvalue weighted by Crippen LogP contribution is -1.97. The second-order valence-corrected chi connectivity index (χ2v) is 14.5. The Balaban J connectivity index is 1.06. The molecule has 0 radical (unpaired) electrons. The van der Waals surface area contributed by atoms with Crippen LogP contribution < -0.4 is 0 Å². The molecule has 0 aliphatic rings. The summed E-state index contributed by atoms with van der Waals surface area (Å²) < 4.78 is 8.77. The maximum atomic E-state index is 6.32. The topological polar surface area (TPSA) is 18.1 Å². The Morgan fingerprint density at radius 2 is 0.661 bits per heavy atom. The summed E-state index contributed by atoms with van der Waals surface area (Å²) >= 11 is 0.